The molecule has 9 nitrogen and oxygen atoms in total. The standard InChI is InChI=1S/C23H24N2O7/c1-15(26)30-11-5-10-24-23(28)18(12-16-8-9-20-21(13-16)32-14-31-20)25-22(27)17-6-3-4-7-19(17)29-2/h3-4,6-9,12-13H,5,10-11,14H2,1-2H3,(H,24,28)(H,25,27). The summed E-state index contributed by atoms with van der Waals surface area (Å²) < 4.78 is 20.8. The Morgan fingerprint density at radius 2 is 1.88 bits per heavy atom. The molecule has 1 aliphatic heterocycles. The van der Waals surface area contributed by atoms with E-state index in [4.69, 9.17) is 18.9 Å². The Kier molecular flexibility index (Phi) is 7.69. The normalized spacial score (nSPS) is 12.1. The molecule has 0 aliphatic carbocycles. The number of hydrogen-bond acceptors (Lipinski definition) is 7. The molecule has 0 bridgehead atoms. The molecule has 0 saturated carbocycles. The van der Waals surface area contributed by atoms with E-state index in [1.54, 1.807) is 42.5 Å². The highest BCUT2D eigenvalue weighted by atomic mass is 16.7. The first-order valence-electron chi connectivity index (χ1n) is 9.95. The number of methoxy groups -OCH3 is 1. The second-order valence-corrected chi connectivity index (χ2v) is 6.77. The lowest BCUT2D eigenvalue weighted by molar-refractivity contribution is -0.141. The van der Waals surface area contributed by atoms with Gasteiger partial charge in [-0.1, -0.05) is 18.2 Å². The molecule has 2 aromatic carbocycles. The van der Waals surface area contributed by atoms with Crippen LogP contribution in [0.3, 0.4) is 0 Å². The average molecular weight is 440 g/mol. The third kappa shape index (κ3) is 6.00. The minimum absolute atomic E-state index is 0.0345. The highest BCUT2D eigenvalue weighted by molar-refractivity contribution is 6.06. The largest absolute Gasteiger partial charge is 0.496 e. The highest BCUT2D eigenvalue weighted by Crippen LogP contribution is 2.33. The van der Waals surface area contributed by atoms with Crippen molar-refractivity contribution in [1.29, 1.82) is 0 Å². The van der Waals surface area contributed by atoms with Crippen LogP contribution in [0.5, 0.6) is 17.2 Å². The zero-order valence-electron chi connectivity index (χ0n) is 17.8. The van der Waals surface area contributed by atoms with Crippen molar-refractivity contribution in [2.24, 2.45) is 0 Å². The van der Waals surface area contributed by atoms with Crippen molar-refractivity contribution >= 4 is 23.9 Å². The van der Waals surface area contributed by atoms with Crippen LogP contribution in [0, 0.1) is 0 Å². The molecule has 0 aromatic heterocycles. The molecule has 0 radical (unpaired) electrons. The number of fused-ring (bicyclic) bond motifs is 1. The monoisotopic (exact) mass is 440 g/mol. The molecular weight excluding hydrogens is 416 g/mol. The summed E-state index contributed by atoms with van der Waals surface area (Å²) >= 11 is 0. The molecule has 0 fully saturated rings. The number of para-hydroxylation sites is 1. The number of benzene rings is 2. The van der Waals surface area contributed by atoms with Gasteiger partial charge in [-0.25, -0.2) is 0 Å². The number of carbonyl (C=O) groups is 3. The lowest BCUT2D eigenvalue weighted by atomic mass is 10.1. The Morgan fingerprint density at radius 3 is 2.66 bits per heavy atom. The van der Waals surface area contributed by atoms with Gasteiger partial charge < -0.3 is 29.6 Å². The van der Waals surface area contributed by atoms with Crippen molar-refractivity contribution in [2.75, 3.05) is 27.1 Å². The molecule has 3 rings (SSSR count). The maximum Gasteiger partial charge on any atom is 0.302 e. The van der Waals surface area contributed by atoms with Gasteiger partial charge in [-0.2, -0.15) is 0 Å². The molecule has 9 heteroatoms. The van der Waals surface area contributed by atoms with Gasteiger partial charge in [-0.15, -0.1) is 0 Å². The van der Waals surface area contributed by atoms with Crippen molar-refractivity contribution in [3.63, 3.8) is 0 Å². The van der Waals surface area contributed by atoms with Gasteiger partial charge in [0.25, 0.3) is 11.8 Å². The van der Waals surface area contributed by atoms with Crippen LogP contribution in [-0.4, -0.2) is 44.8 Å². The zero-order valence-corrected chi connectivity index (χ0v) is 17.8. The Bertz CT molecular complexity index is 1030. The van der Waals surface area contributed by atoms with E-state index in [2.05, 4.69) is 10.6 Å². The van der Waals surface area contributed by atoms with Crippen molar-refractivity contribution < 1.29 is 33.3 Å². The maximum atomic E-state index is 12.9. The fourth-order valence-electron chi connectivity index (χ4n) is 2.94. The second kappa shape index (κ2) is 10.9. The first-order chi connectivity index (χ1) is 15.5. The molecule has 168 valence electrons. The van der Waals surface area contributed by atoms with Gasteiger partial charge in [0.2, 0.25) is 6.79 Å². The topological polar surface area (TPSA) is 112 Å². The molecule has 0 unspecified atom stereocenters. The van der Waals surface area contributed by atoms with Crippen LogP contribution in [0.1, 0.15) is 29.3 Å². The van der Waals surface area contributed by atoms with Crippen LogP contribution >= 0.6 is 0 Å². The van der Waals surface area contributed by atoms with E-state index < -0.39 is 11.8 Å². The van der Waals surface area contributed by atoms with Crippen molar-refractivity contribution in [3.05, 3.63) is 59.3 Å². The lowest BCUT2D eigenvalue weighted by Gasteiger charge is -2.13. The van der Waals surface area contributed by atoms with E-state index in [1.807, 2.05) is 0 Å². The molecule has 2 N–H and O–H groups in total. The number of esters is 1. The summed E-state index contributed by atoms with van der Waals surface area (Å²) in [5, 5.41) is 5.37. The quantitative estimate of drug-likeness (QED) is 0.349. The first kappa shape index (κ1) is 22.7. The highest BCUT2D eigenvalue weighted by Gasteiger charge is 2.18. The predicted molar refractivity (Wildman–Crippen MR) is 115 cm³/mol. The fraction of sp³-hybridized carbons (Fsp3) is 0.261. The van der Waals surface area contributed by atoms with Crippen LogP contribution in [0.25, 0.3) is 6.08 Å². The van der Waals surface area contributed by atoms with Gasteiger partial charge in [0, 0.05) is 13.5 Å². The molecule has 32 heavy (non-hydrogen) atoms. The molecule has 2 amide bonds. The van der Waals surface area contributed by atoms with Crippen molar-refractivity contribution in [2.45, 2.75) is 13.3 Å². The van der Waals surface area contributed by atoms with Crippen molar-refractivity contribution in [3.8, 4) is 17.2 Å². The molecular formula is C23H24N2O7. The summed E-state index contributed by atoms with van der Waals surface area (Å²) in [6.45, 7) is 1.89. The lowest BCUT2D eigenvalue weighted by Crippen LogP contribution is -2.35. The van der Waals surface area contributed by atoms with Crippen LogP contribution < -0.4 is 24.8 Å². The third-order valence-corrected chi connectivity index (χ3v) is 4.46. The molecule has 1 heterocycles. The fourth-order valence-corrected chi connectivity index (χ4v) is 2.94. The minimum atomic E-state index is -0.496. The molecule has 1 aliphatic rings. The van der Waals surface area contributed by atoms with Crippen LogP contribution in [0.15, 0.2) is 48.2 Å². The molecule has 0 atom stereocenters. The summed E-state index contributed by atoms with van der Waals surface area (Å²) in [6, 6.07) is 11.9. The smallest absolute Gasteiger partial charge is 0.302 e. The summed E-state index contributed by atoms with van der Waals surface area (Å²) in [7, 11) is 1.46. The number of rotatable bonds is 9. The Balaban J connectivity index is 1.78. The van der Waals surface area contributed by atoms with Crippen LogP contribution in [0.2, 0.25) is 0 Å². The van der Waals surface area contributed by atoms with Gasteiger partial charge in [0.1, 0.15) is 11.4 Å². The summed E-state index contributed by atoms with van der Waals surface area (Å²) in [5.41, 5.74) is 0.959. The minimum Gasteiger partial charge on any atom is -0.496 e. The number of amides is 2. The summed E-state index contributed by atoms with van der Waals surface area (Å²) in [4.78, 5) is 36.5. The molecule has 2 aromatic rings. The number of carbonyl (C=O) groups excluding carboxylic acids is 3. The van der Waals surface area contributed by atoms with Gasteiger partial charge in [0.05, 0.1) is 19.3 Å². The maximum absolute atomic E-state index is 12.9. The SMILES string of the molecule is COc1ccccc1C(=O)NC(=Cc1ccc2c(c1)OCO2)C(=O)NCCCOC(C)=O. The zero-order chi connectivity index (χ0) is 22.9. The van der Waals surface area contributed by atoms with E-state index in [0.29, 0.717) is 29.2 Å². The van der Waals surface area contributed by atoms with E-state index >= 15 is 0 Å². The van der Waals surface area contributed by atoms with Crippen LogP contribution in [-0.2, 0) is 14.3 Å². The Morgan fingerprint density at radius 1 is 1.09 bits per heavy atom. The van der Waals surface area contributed by atoms with E-state index in [0.717, 1.165) is 0 Å². The third-order valence-electron chi connectivity index (χ3n) is 4.46. The number of ether oxygens (including phenoxy) is 4. The van der Waals surface area contributed by atoms with Gasteiger partial charge in [-0.05, 0) is 42.3 Å². The van der Waals surface area contributed by atoms with Crippen LogP contribution in [0.4, 0.5) is 0 Å². The van der Waals surface area contributed by atoms with E-state index in [9.17, 15) is 14.4 Å². The molecule has 0 spiro atoms. The predicted octanol–water partition coefficient (Wildman–Crippen LogP) is 2.26. The van der Waals surface area contributed by atoms with E-state index in [-0.39, 0.29) is 37.2 Å². The van der Waals surface area contributed by atoms with Gasteiger partial charge in [-0.3, -0.25) is 14.4 Å². The number of hydrogen-bond donors (Lipinski definition) is 2. The molecule has 0 saturated heterocycles. The van der Waals surface area contributed by atoms with Crippen molar-refractivity contribution in [1.82, 2.24) is 10.6 Å². The second-order valence-electron chi connectivity index (χ2n) is 6.77. The summed E-state index contributed by atoms with van der Waals surface area (Å²) in [5.74, 6) is 0.170. The Hall–Kier alpha value is -4.01. The summed E-state index contributed by atoms with van der Waals surface area (Å²) in [6.07, 6.45) is 1.97. The Labute approximate surface area is 185 Å². The van der Waals surface area contributed by atoms with E-state index in [1.165, 1.54) is 20.1 Å². The van der Waals surface area contributed by atoms with Gasteiger partial charge in [0.15, 0.2) is 11.5 Å². The van der Waals surface area contributed by atoms with Gasteiger partial charge >= 0.3 is 5.97 Å². The average Bonchev–Trinajstić information content (AvgIpc) is 3.26. The number of nitrogens with one attached hydrogen (secondary N) is 2. The first-order valence-corrected chi connectivity index (χ1v) is 9.95.